The molecule has 0 radical (unpaired) electrons. The Labute approximate surface area is 158 Å². The van der Waals surface area contributed by atoms with Crippen LogP contribution in [0.3, 0.4) is 0 Å². The zero-order valence-electron chi connectivity index (χ0n) is 15.9. The van der Waals surface area contributed by atoms with Crippen molar-refractivity contribution in [2.45, 2.75) is 38.4 Å². The van der Waals surface area contributed by atoms with E-state index in [1.54, 1.807) is 4.90 Å². The van der Waals surface area contributed by atoms with E-state index in [2.05, 4.69) is 5.32 Å². The smallest absolute Gasteiger partial charge is 0.401 e. The van der Waals surface area contributed by atoms with E-state index in [1.807, 2.05) is 31.2 Å². The summed E-state index contributed by atoms with van der Waals surface area (Å²) in [4.78, 5) is 15.5. The summed E-state index contributed by atoms with van der Waals surface area (Å²) in [6, 6.07) is 7.63. The maximum absolute atomic E-state index is 12.5. The number of urea groups is 1. The second-order valence-electron chi connectivity index (χ2n) is 6.79. The number of nitrogens with one attached hydrogen (secondary N) is 1. The van der Waals surface area contributed by atoms with Crippen LogP contribution in [-0.4, -0.2) is 61.8 Å². The van der Waals surface area contributed by atoms with E-state index in [-0.39, 0.29) is 18.6 Å². The Kier molecular flexibility index (Phi) is 7.77. The molecule has 1 heterocycles. The number of likely N-dealkylation sites (tertiary alicyclic amines) is 1. The first-order chi connectivity index (χ1) is 12.8. The van der Waals surface area contributed by atoms with E-state index in [9.17, 15) is 18.0 Å². The molecule has 1 aromatic rings. The number of hydrogen-bond acceptors (Lipinski definition) is 3. The van der Waals surface area contributed by atoms with Crippen molar-refractivity contribution < 1.29 is 22.7 Å². The van der Waals surface area contributed by atoms with Crippen LogP contribution < -0.4 is 10.1 Å². The molecule has 8 heteroatoms. The molecule has 1 atom stereocenters. The molecular formula is C19H28F3N3O2. The van der Waals surface area contributed by atoms with E-state index >= 15 is 0 Å². The van der Waals surface area contributed by atoms with Crippen molar-refractivity contribution in [1.82, 2.24) is 15.1 Å². The van der Waals surface area contributed by atoms with Crippen molar-refractivity contribution in [2.75, 3.05) is 39.8 Å². The zero-order chi connectivity index (χ0) is 19.9. The number of ether oxygens (including phenoxy) is 1. The molecule has 5 nitrogen and oxygen atoms in total. The lowest BCUT2D eigenvalue weighted by Crippen LogP contribution is -2.40. The van der Waals surface area contributed by atoms with Crippen LogP contribution in [0.1, 0.15) is 37.8 Å². The molecule has 1 N–H and O–H groups in total. The summed E-state index contributed by atoms with van der Waals surface area (Å²) in [6.45, 7) is 2.91. The Morgan fingerprint density at radius 3 is 2.67 bits per heavy atom. The molecule has 1 aliphatic heterocycles. The van der Waals surface area contributed by atoms with E-state index in [4.69, 9.17) is 4.74 Å². The summed E-state index contributed by atoms with van der Waals surface area (Å²) < 4.78 is 42.3. The third-order valence-corrected chi connectivity index (χ3v) is 4.53. The fraction of sp³-hybridized carbons (Fsp3) is 0.632. The summed E-state index contributed by atoms with van der Waals surface area (Å²) in [7, 11) is 1.43. The van der Waals surface area contributed by atoms with E-state index in [1.165, 1.54) is 11.9 Å². The molecule has 1 aliphatic rings. The summed E-state index contributed by atoms with van der Waals surface area (Å²) in [5, 5.41) is 2.83. The highest BCUT2D eigenvalue weighted by atomic mass is 19.4. The van der Waals surface area contributed by atoms with Gasteiger partial charge in [-0.15, -0.1) is 0 Å². The Hall–Kier alpha value is -1.96. The molecule has 152 valence electrons. The molecule has 0 bridgehead atoms. The number of carbonyl (C=O) groups is 1. The molecule has 0 aromatic heterocycles. The molecule has 27 heavy (non-hydrogen) atoms. The van der Waals surface area contributed by atoms with Gasteiger partial charge in [0.15, 0.2) is 0 Å². The maximum atomic E-state index is 12.5. The predicted molar refractivity (Wildman–Crippen MR) is 97.9 cm³/mol. The number of halogens is 3. The molecule has 0 saturated carbocycles. The zero-order valence-corrected chi connectivity index (χ0v) is 15.9. The second-order valence-corrected chi connectivity index (χ2v) is 6.79. The van der Waals surface area contributed by atoms with Crippen molar-refractivity contribution >= 4 is 6.03 Å². The number of rotatable bonds is 8. The van der Waals surface area contributed by atoms with Gasteiger partial charge in [0.25, 0.3) is 0 Å². The molecule has 2 amide bonds. The lowest BCUT2D eigenvalue weighted by molar-refractivity contribution is -0.143. The van der Waals surface area contributed by atoms with Gasteiger partial charge < -0.3 is 15.0 Å². The quantitative estimate of drug-likeness (QED) is 0.690. The number of carbonyl (C=O) groups excluding carboxylic acids is 1. The van der Waals surface area contributed by atoms with Crippen LogP contribution in [0, 0.1) is 0 Å². The molecule has 1 fully saturated rings. The van der Waals surface area contributed by atoms with E-state index in [0.717, 1.165) is 24.2 Å². The largest absolute Gasteiger partial charge is 0.494 e. The number of hydrogen-bond donors (Lipinski definition) is 1. The Morgan fingerprint density at radius 2 is 2.04 bits per heavy atom. The third kappa shape index (κ3) is 6.93. The van der Waals surface area contributed by atoms with Crippen molar-refractivity contribution in [3.05, 3.63) is 29.8 Å². The molecule has 0 spiro atoms. The summed E-state index contributed by atoms with van der Waals surface area (Å²) in [5.74, 6) is 0.804. The first-order valence-corrected chi connectivity index (χ1v) is 9.32. The summed E-state index contributed by atoms with van der Waals surface area (Å²) in [5.41, 5.74) is 1.07. The molecule has 1 unspecified atom stereocenters. The average molecular weight is 387 g/mol. The molecular weight excluding hydrogens is 359 g/mol. The second kappa shape index (κ2) is 9.82. The number of benzene rings is 1. The summed E-state index contributed by atoms with van der Waals surface area (Å²) in [6.07, 6.45) is -1.90. The summed E-state index contributed by atoms with van der Waals surface area (Å²) >= 11 is 0. The average Bonchev–Trinajstić information content (AvgIpc) is 3.08. The molecule has 0 aliphatic carbocycles. The van der Waals surface area contributed by atoms with E-state index < -0.39 is 12.7 Å². The number of alkyl halides is 3. The van der Waals surface area contributed by atoms with Crippen molar-refractivity contribution in [3.63, 3.8) is 0 Å². The highest BCUT2D eigenvalue weighted by Crippen LogP contribution is 2.32. The lowest BCUT2D eigenvalue weighted by atomic mass is 10.0. The fourth-order valence-electron chi connectivity index (χ4n) is 3.34. The highest BCUT2D eigenvalue weighted by molar-refractivity contribution is 5.75. The van der Waals surface area contributed by atoms with Crippen LogP contribution in [0.15, 0.2) is 24.3 Å². The Balaban J connectivity index is 1.79. The molecule has 1 saturated heterocycles. The standard InChI is InChI=1S/C19H28F3N3O2/c1-3-27-16-9-7-15(8-10-16)17-6-4-13-25(17)18(26)23-11-5-12-24(2)14-19(20,21)22/h7-10,17H,3-6,11-14H2,1-2H3,(H,23,26). The predicted octanol–water partition coefficient (Wildman–Crippen LogP) is 3.82. The number of nitrogens with zero attached hydrogens (tertiary/aromatic N) is 2. The van der Waals surface area contributed by atoms with Gasteiger partial charge >= 0.3 is 12.2 Å². The first kappa shape index (κ1) is 21.3. The Bertz CT molecular complexity index is 593. The maximum Gasteiger partial charge on any atom is 0.401 e. The normalized spacial score (nSPS) is 17.4. The minimum atomic E-state index is -4.20. The monoisotopic (exact) mass is 387 g/mol. The van der Waals surface area contributed by atoms with Gasteiger partial charge in [-0.2, -0.15) is 13.2 Å². The van der Waals surface area contributed by atoms with Crippen molar-refractivity contribution in [1.29, 1.82) is 0 Å². The molecule has 1 aromatic carbocycles. The van der Waals surface area contributed by atoms with Crippen molar-refractivity contribution in [2.24, 2.45) is 0 Å². The Morgan fingerprint density at radius 1 is 1.33 bits per heavy atom. The third-order valence-electron chi connectivity index (χ3n) is 4.53. The van der Waals surface area contributed by atoms with Gasteiger partial charge in [0.05, 0.1) is 19.2 Å². The van der Waals surface area contributed by atoms with Crippen LogP contribution in [0.4, 0.5) is 18.0 Å². The first-order valence-electron chi connectivity index (χ1n) is 9.32. The SMILES string of the molecule is CCOc1ccc(C2CCCN2C(=O)NCCCN(C)CC(F)(F)F)cc1. The van der Waals surface area contributed by atoms with Gasteiger partial charge in [0, 0.05) is 13.1 Å². The topological polar surface area (TPSA) is 44.8 Å². The van der Waals surface area contributed by atoms with Crippen LogP contribution in [-0.2, 0) is 0 Å². The number of amides is 2. The van der Waals surface area contributed by atoms with Crippen LogP contribution >= 0.6 is 0 Å². The van der Waals surface area contributed by atoms with Gasteiger partial charge in [-0.05, 0) is 57.5 Å². The minimum absolute atomic E-state index is 0.0218. The van der Waals surface area contributed by atoms with Gasteiger partial charge in [0.2, 0.25) is 0 Å². The van der Waals surface area contributed by atoms with Crippen LogP contribution in [0.25, 0.3) is 0 Å². The van der Waals surface area contributed by atoms with Crippen molar-refractivity contribution in [3.8, 4) is 5.75 Å². The van der Waals surface area contributed by atoms with Gasteiger partial charge in [-0.25, -0.2) is 4.79 Å². The van der Waals surface area contributed by atoms with E-state index in [0.29, 0.717) is 26.1 Å². The fourth-order valence-corrected chi connectivity index (χ4v) is 3.34. The van der Waals surface area contributed by atoms with Gasteiger partial charge in [0.1, 0.15) is 5.75 Å². The van der Waals surface area contributed by atoms with Gasteiger partial charge in [-0.3, -0.25) is 4.90 Å². The molecule has 2 rings (SSSR count). The van der Waals surface area contributed by atoms with Crippen LogP contribution in [0.5, 0.6) is 5.75 Å². The van der Waals surface area contributed by atoms with Crippen LogP contribution in [0.2, 0.25) is 0 Å². The van der Waals surface area contributed by atoms with Gasteiger partial charge in [-0.1, -0.05) is 12.1 Å². The lowest BCUT2D eigenvalue weighted by Gasteiger charge is -2.26. The minimum Gasteiger partial charge on any atom is -0.494 e. The highest BCUT2D eigenvalue weighted by Gasteiger charge is 2.30.